The molecule has 1 rings (SSSR count). The van der Waals surface area contributed by atoms with Crippen molar-refractivity contribution in [2.45, 2.75) is 39.7 Å². The molecule has 0 amide bonds. The second kappa shape index (κ2) is 5.90. The fourth-order valence-corrected chi connectivity index (χ4v) is 1.33. The number of hydrogen-bond donors (Lipinski definition) is 1. The zero-order chi connectivity index (χ0) is 12.1. The first kappa shape index (κ1) is 13.0. The molecule has 0 heterocycles. The molecule has 1 aromatic carbocycles. The Morgan fingerprint density at radius 1 is 1.06 bits per heavy atom. The fraction of sp³-hybridized carbons (Fsp3) is 0.571. The van der Waals surface area contributed by atoms with Gasteiger partial charge in [0.05, 0.1) is 0 Å². The summed E-state index contributed by atoms with van der Waals surface area (Å²) in [6.07, 6.45) is 0. The van der Waals surface area contributed by atoms with Gasteiger partial charge in [0.1, 0.15) is 12.4 Å². The Labute approximate surface area is 98.8 Å². The van der Waals surface area contributed by atoms with Gasteiger partial charge in [-0.15, -0.1) is 0 Å². The van der Waals surface area contributed by atoms with Crippen molar-refractivity contribution < 1.29 is 4.74 Å². The Hall–Kier alpha value is -1.02. The third kappa shape index (κ3) is 3.86. The zero-order valence-electron chi connectivity index (χ0n) is 10.7. The quantitative estimate of drug-likeness (QED) is 0.829. The van der Waals surface area contributed by atoms with E-state index in [0.717, 1.165) is 5.75 Å². The fourth-order valence-electron chi connectivity index (χ4n) is 1.33. The summed E-state index contributed by atoms with van der Waals surface area (Å²) in [5, 5.41) is 0. The lowest BCUT2D eigenvalue weighted by Crippen LogP contribution is -2.32. The minimum Gasteiger partial charge on any atom is -0.492 e. The minimum absolute atomic E-state index is 0.102. The molecule has 0 aromatic heterocycles. The monoisotopic (exact) mass is 221 g/mol. The second-order valence-corrected chi connectivity index (χ2v) is 4.94. The average molecular weight is 221 g/mol. The summed E-state index contributed by atoms with van der Waals surface area (Å²) < 4.78 is 5.64. The van der Waals surface area contributed by atoms with Gasteiger partial charge in [-0.1, -0.05) is 39.8 Å². The number of hydrogen-bond acceptors (Lipinski definition) is 2. The molecule has 1 unspecified atom stereocenters. The highest BCUT2D eigenvalue weighted by Crippen LogP contribution is 2.18. The van der Waals surface area contributed by atoms with Gasteiger partial charge >= 0.3 is 0 Å². The van der Waals surface area contributed by atoms with E-state index in [1.165, 1.54) is 5.56 Å². The van der Waals surface area contributed by atoms with Crippen molar-refractivity contribution in [2.75, 3.05) is 6.61 Å². The second-order valence-electron chi connectivity index (χ2n) is 4.94. The van der Waals surface area contributed by atoms with Gasteiger partial charge in [-0.05, 0) is 29.5 Å². The highest BCUT2D eigenvalue weighted by atomic mass is 16.5. The van der Waals surface area contributed by atoms with Crippen molar-refractivity contribution in [2.24, 2.45) is 11.7 Å². The van der Waals surface area contributed by atoms with Crippen LogP contribution in [0.25, 0.3) is 0 Å². The van der Waals surface area contributed by atoms with Crippen molar-refractivity contribution in [3.8, 4) is 5.75 Å². The van der Waals surface area contributed by atoms with Gasteiger partial charge in [0.15, 0.2) is 0 Å². The van der Waals surface area contributed by atoms with Gasteiger partial charge < -0.3 is 10.5 Å². The van der Waals surface area contributed by atoms with Crippen LogP contribution in [0.2, 0.25) is 0 Å². The van der Waals surface area contributed by atoms with E-state index in [0.29, 0.717) is 18.4 Å². The molecule has 0 aliphatic carbocycles. The van der Waals surface area contributed by atoms with E-state index in [4.69, 9.17) is 10.5 Å². The van der Waals surface area contributed by atoms with Crippen molar-refractivity contribution in [1.82, 2.24) is 0 Å². The van der Waals surface area contributed by atoms with Crippen LogP contribution in [-0.2, 0) is 0 Å². The van der Waals surface area contributed by atoms with Gasteiger partial charge in [0.25, 0.3) is 0 Å². The largest absolute Gasteiger partial charge is 0.492 e. The van der Waals surface area contributed by atoms with Crippen LogP contribution in [0.5, 0.6) is 5.75 Å². The van der Waals surface area contributed by atoms with E-state index >= 15 is 0 Å². The van der Waals surface area contributed by atoms with Crippen LogP contribution in [0, 0.1) is 5.92 Å². The Morgan fingerprint density at radius 3 is 2.06 bits per heavy atom. The topological polar surface area (TPSA) is 35.2 Å². The molecule has 0 aliphatic heterocycles. The molecule has 0 spiro atoms. The van der Waals surface area contributed by atoms with Crippen LogP contribution in [0.4, 0.5) is 0 Å². The SMILES string of the molecule is CC(C)c1ccc(OCC(N)C(C)C)cc1. The van der Waals surface area contributed by atoms with Crippen molar-refractivity contribution >= 4 is 0 Å². The van der Waals surface area contributed by atoms with E-state index < -0.39 is 0 Å². The van der Waals surface area contributed by atoms with Crippen LogP contribution >= 0.6 is 0 Å². The lowest BCUT2D eigenvalue weighted by Gasteiger charge is -2.16. The maximum absolute atomic E-state index is 5.92. The molecule has 0 bridgehead atoms. The molecule has 0 fully saturated rings. The molecule has 0 radical (unpaired) electrons. The van der Waals surface area contributed by atoms with Crippen molar-refractivity contribution in [3.63, 3.8) is 0 Å². The number of ether oxygens (including phenoxy) is 1. The summed E-state index contributed by atoms with van der Waals surface area (Å²) in [4.78, 5) is 0. The highest BCUT2D eigenvalue weighted by Gasteiger charge is 2.08. The maximum atomic E-state index is 5.92. The molecule has 2 nitrogen and oxygen atoms in total. The standard InChI is InChI=1S/C14H23NO/c1-10(2)12-5-7-13(8-6-12)16-9-14(15)11(3)4/h5-8,10-11,14H,9,15H2,1-4H3. The van der Waals surface area contributed by atoms with Crippen LogP contribution in [0.1, 0.15) is 39.2 Å². The molecule has 90 valence electrons. The van der Waals surface area contributed by atoms with E-state index in [9.17, 15) is 0 Å². The van der Waals surface area contributed by atoms with E-state index in [1.807, 2.05) is 12.1 Å². The highest BCUT2D eigenvalue weighted by molar-refractivity contribution is 5.28. The Bertz CT molecular complexity index is 303. The summed E-state index contributed by atoms with van der Waals surface area (Å²) in [7, 11) is 0. The first-order valence-corrected chi connectivity index (χ1v) is 5.99. The lowest BCUT2D eigenvalue weighted by molar-refractivity contribution is 0.259. The van der Waals surface area contributed by atoms with Crippen LogP contribution in [-0.4, -0.2) is 12.6 Å². The molecular formula is C14H23NO. The molecular weight excluding hydrogens is 198 g/mol. The van der Waals surface area contributed by atoms with Crippen LogP contribution in [0.3, 0.4) is 0 Å². The molecule has 0 aliphatic rings. The van der Waals surface area contributed by atoms with Crippen molar-refractivity contribution in [3.05, 3.63) is 29.8 Å². The predicted octanol–water partition coefficient (Wildman–Crippen LogP) is 3.17. The molecule has 0 saturated heterocycles. The molecule has 1 aromatic rings. The van der Waals surface area contributed by atoms with E-state index in [-0.39, 0.29) is 6.04 Å². The first-order chi connectivity index (χ1) is 7.50. The van der Waals surface area contributed by atoms with Gasteiger partial charge in [-0.3, -0.25) is 0 Å². The number of benzene rings is 1. The van der Waals surface area contributed by atoms with Gasteiger partial charge in [0, 0.05) is 6.04 Å². The van der Waals surface area contributed by atoms with Gasteiger partial charge in [0.2, 0.25) is 0 Å². The molecule has 1 atom stereocenters. The third-order valence-corrected chi connectivity index (χ3v) is 2.85. The summed E-state index contributed by atoms with van der Waals surface area (Å²) in [6.45, 7) is 9.17. The molecule has 2 N–H and O–H groups in total. The van der Waals surface area contributed by atoms with E-state index in [2.05, 4.69) is 39.8 Å². The van der Waals surface area contributed by atoms with Crippen LogP contribution in [0.15, 0.2) is 24.3 Å². The Morgan fingerprint density at radius 2 is 1.62 bits per heavy atom. The molecule has 16 heavy (non-hydrogen) atoms. The number of nitrogens with two attached hydrogens (primary N) is 1. The summed E-state index contributed by atoms with van der Waals surface area (Å²) in [5.74, 6) is 1.92. The van der Waals surface area contributed by atoms with Crippen molar-refractivity contribution in [1.29, 1.82) is 0 Å². The molecule has 2 heteroatoms. The lowest BCUT2D eigenvalue weighted by atomic mass is 10.0. The predicted molar refractivity (Wildman–Crippen MR) is 68.8 cm³/mol. The minimum atomic E-state index is 0.102. The Kier molecular flexibility index (Phi) is 4.81. The van der Waals surface area contributed by atoms with Gasteiger partial charge in [-0.25, -0.2) is 0 Å². The first-order valence-electron chi connectivity index (χ1n) is 5.99. The smallest absolute Gasteiger partial charge is 0.119 e. The average Bonchev–Trinajstić information content (AvgIpc) is 2.26. The zero-order valence-corrected chi connectivity index (χ0v) is 10.7. The summed E-state index contributed by atoms with van der Waals surface area (Å²) in [5.41, 5.74) is 7.25. The van der Waals surface area contributed by atoms with E-state index in [1.54, 1.807) is 0 Å². The van der Waals surface area contributed by atoms with Gasteiger partial charge in [-0.2, -0.15) is 0 Å². The summed E-state index contributed by atoms with van der Waals surface area (Å²) in [6, 6.07) is 8.36. The molecule has 0 saturated carbocycles. The third-order valence-electron chi connectivity index (χ3n) is 2.85. The summed E-state index contributed by atoms with van der Waals surface area (Å²) >= 11 is 0. The number of rotatable bonds is 5. The Balaban J connectivity index is 2.49. The van der Waals surface area contributed by atoms with Crippen LogP contribution < -0.4 is 10.5 Å². The maximum Gasteiger partial charge on any atom is 0.119 e. The normalized spacial score (nSPS) is 13.2.